The van der Waals surface area contributed by atoms with Gasteiger partial charge in [0, 0.05) is 0 Å². The van der Waals surface area contributed by atoms with Crippen LogP contribution in [0.2, 0.25) is 0 Å². The highest BCUT2D eigenvalue weighted by Gasteiger charge is 2.23. The number of carbonyl (C=O) groups is 1. The summed E-state index contributed by atoms with van der Waals surface area (Å²) in [5.74, 6) is 0.281. The minimum Gasteiger partial charge on any atom is -0.458 e. The molecule has 16 heavy (non-hydrogen) atoms. The lowest BCUT2D eigenvalue weighted by molar-refractivity contribution is -0.170. The lowest BCUT2D eigenvalue weighted by Gasteiger charge is -2.24. The molecule has 0 aromatic heterocycles. The molecule has 0 aliphatic heterocycles. The predicted octanol–water partition coefficient (Wildman–Crippen LogP) is 3.17. The van der Waals surface area contributed by atoms with Gasteiger partial charge in [-0.2, -0.15) is 0 Å². The Hall–Kier alpha value is -0.570. The van der Waals surface area contributed by atoms with Crippen molar-refractivity contribution in [3.05, 3.63) is 0 Å². The van der Waals surface area contributed by atoms with E-state index in [2.05, 4.69) is 13.8 Å². The summed E-state index contributed by atoms with van der Waals surface area (Å²) in [4.78, 5) is 11.6. The molecule has 2 unspecified atom stereocenters. The van der Waals surface area contributed by atoms with Crippen molar-refractivity contribution in [3.63, 3.8) is 0 Å². The maximum absolute atomic E-state index is 11.6. The third kappa shape index (κ3) is 7.69. The van der Waals surface area contributed by atoms with Crippen LogP contribution in [0.4, 0.5) is 0 Å². The summed E-state index contributed by atoms with van der Waals surface area (Å²) in [5, 5.41) is 0. The summed E-state index contributed by atoms with van der Waals surface area (Å²) in [6.07, 6.45) is 0.545. The van der Waals surface area contributed by atoms with Crippen molar-refractivity contribution >= 4 is 5.97 Å². The second-order valence-electron chi connectivity index (χ2n) is 5.75. The molecule has 0 aliphatic carbocycles. The van der Waals surface area contributed by atoms with E-state index in [0.29, 0.717) is 5.92 Å². The first-order valence-corrected chi connectivity index (χ1v) is 6.00. The van der Waals surface area contributed by atoms with E-state index < -0.39 is 11.7 Å². The van der Waals surface area contributed by atoms with Crippen LogP contribution in [0.1, 0.15) is 54.9 Å². The first-order chi connectivity index (χ1) is 7.11. The van der Waals surface area contributed by atoms with Crippen LogP contribution in [0.5, 0.6) is 0 Å². The van der Waals surface area contributed by atoms with E-state index >= 15 is 0 Å². The lowest BCUT2D eigenvalue weighted by atomic mass is 10.1. The van der Waals surface area contributed by atoms with E-state index in [-0.39, 0.29) is 12.1 Å². The summed E-state index contributed by atoms with van der Waals surface area (Å²) in [6, 6.07) is 0. The summed E-state index contributed by atoms with van der Waals surface area (Å²) >= 11 is 0. The van der Waals surface area contributed by atoms with Crippen LogP contribution in [-0.4, -0.2) is 23.8 Å². The highest BCUT2D eigenvalue weighted by molar-refractivity contribution is 5.74. The van der Waals surface area contributed by atoms with Gasteiger partial charge in [0.05, 0.1) is 6.10 Å². The van der Waals surface area contributed by atoms with Crippen molar-refractivity contribution in [2.75, 3.05) is 0 Å². The second-order valence-corrected chi connectivity index (χ2v) is 5.75. The van der Waals surface area contributed by atoms with Gasteiger partial charge >= 0.3 is 5.97 Å². The third-order valence-electron chi connectivity index (χ3n) is 1.98. The summed E-state index contributed by atoms with van der Waals surface area (Å²) in [6.45, 7) is 13.6. The van der Waals surface area contributed by atoms with Crippen LogP contribution in [0.25, 0.3) is 0 Å². The molecule has 0 heterocycles. The second kappa shape index (κ2) is 6.24. The summed E-state index contributed by atoms with van der Waals surface area (Å²) < 4.78 is 10.8. The van der Waals surface area contributed by atoms with Gasteiger partial charge in [0.15, 0.2) is 6.10 Å². The molecule has 0 saturated carbocycles. The molecular formula is C13H26O3. The smallest absolute Gasteiger partial charge is 0.335 e. The van der Waals surface area contributed by atoms with Gasteiger partial charge in [0.1, 0.15) is 5.60 Å². The highest BCUT2D eigenvalue weighted by Crippen LogP contribution is 2.13. The molecule has 3 nitrogen and oxygen atoms in total. The van der Waals surface area contributed by atoms with Crippen LogP contribution >= 0.6 is 0 Å². The Balaban J connectivity index is 4.05. The monoisotopic (exact) mass is 230 g/mol. The normalized spacial score (nSPS) is 16.0. The average Bonchev–Trinajstić information content (AvgIpc) is 1.98. The standard InChI is InChI=1S/C13H26O3/c1-9(2)8-10(3)15-11(4)12(14)16-13(5,6)7/h9-11H,8H2,1-7H3. The number of esters is 1. The van der Waals surface area contributed by atoms with Gasteiger partial charge in [-0.25, -0.2) is 4.79 Å². The number of ether oxygens (including phenoxy) is 2. The number of hydrogen-bond donors (Lipinski definition) is 0. The van der Waals surface area contributed by atoms with Gasteiger partial charge in [-0.05, 0) is 47.0 Å². The van der Waals surface area contributed by atoms with Crippen molar-refractivity contribution in [1.29, 1.82) is 0 Å². The zero-order chi connectivity index (χ0) is 12.9. The Labute approximate surface area is 99.5 Å². The molecule has 0 saturated heterocycles. The van der Waals surface area contributed by atoms with Crippen molar-refractivity contribution in [2.24, 2.45) is 5.92 Å². The first-order valence-electron chi connectivity index (χ1n) is 6.00. The van der Waals surface area contributed by atoms with E-state index in [1.165, 1.54) is 0 Å². The third-order valence-corrected chi connectivity index (χ3v) is 1.98. The minimum absolute atomic E-state index is 0.0857. The summed E-state index contributed by atoms with van der Waals surface area (Å²) in [5.41, 5.74) is -0.448. The average molecular weight is 230 g/mol. The van der Waals surface area contributed by atoms with Crippen LogP contribution in [0, 0.1) is 5.92 Å². The number of rotatable bonds is 5. The van der Waals surface area contributed by atoms with Gasteiger partial charge < -0.3 is 9.47 Å². The fourth-order valence-corrected chi connectivity index (χ4v) is 1.51. The van der Waals surface area contributed by atoms with Crippen molar-refractivity contribution in [1.82, 2.24) is 0 Å². The topological polar surface area (TPSA) is 35.5 Å². The molecule has 0 bridgehead atoms. The van der Waals surface area contributed by atoms with Crippen LogP contribution < -0.4 is 0 Å². The molecule has 2 atom stereocenters. The molecule has 0 N–H and O–H groups in total. The molecule has 0 spiro atoms. The maximum atomic E-state index is 11.6. The quantitative estimate of drug-likeness (QED) is 0.680. The van der Waals surface area contributed by atoms with Gasteiger partial charge in [0.2, 0.25) is 0 Å². The van der Waals surface area contributed by atoms with E-state index in [0.717, 1.165) is 6.42 Å². The molecule has 0 aromatic rings. The van der Waals surface area contributed by atoms with Crippen molar-refractivity contribution < 1.29 is 14.3 Å². The number of carbonyl (C=O) groups excluding carboxylic acids is 1. The SMILES string of the molecule is CC(C)CC(C)OC(C)C(=O)OC(C)(C)C. The largest absolute Gasteiger partial charge is 0.458 e. The molecule has 0 fully saturated rings. The van der Waals surface area contributed by atoms with E-state index in [1.807, 2.05) is 27.7 Å². The molecule has 0 rings (SSSR count). The first kappa shape index (κ1) is 15.4. The van der Waals surface area contributed by atoms with E-state index in [1.54, 1.807) is 6.92 Å². The zero-order valence-electron chi connectivity index (χ0n) is 11.7. The number of hydrogen-bond acceptors (Lipinski definition) is 3. The Kier molecular flexibility index (Phi) is 6.01. The Morgan fingerprint density at radius 2 is 1.62 bits per heavy atom. The molecule has 0 aromatic carbocycles. The fraction of sp³-hybridized carbons (Fsp3) is 0.923. The molecule has 0 radical (unpaired) electrons. The van der Waals surface area contributed by atoms with Gasteiger partial charge in [-0.1, -0.05) is 13.8 Å². The minimum atomic E-state index is -0.493. The Morgan fingerprint density at radius 3 is 2.00 bits per heavy atom. The van der Waals surface area contributed by atoms with Crippen LogP contribution in [0.3, 0.4) is 0 Å². The molecule has 0 aliphatic rings. The molecular weight excluding hydrogens is 204 g/mol. The van der Waals surface area contributed by atoms with Gasteiger partial charge in [-0.15, -0.1) is 0 Å². The van der Waals surface area contributed by atoms with Gasteiger partial charge in [0.25, 0.3) is 0 Å². The highest BCUT2D eigenvalue weighted by atomic mass is 16.6. The fourth-order valence-electron chi connectivity index (χ4n) is 1.51. The van der Waals surface area contributed by atoms with Crippen molar-refractivity contribution in [2.45, 2.75) is 72.7 Å². The van der Waals surface area contributed by atoms with E-state index in [9.17, 15) is 4.79 Å². The van der Waals surface area contributed by atoms with Crippen molar-refractivity contribution in [3.8, 4) is 0 Å². The molecule has 96 valence electrons. The Bertz CT molecular complexity index is 216. The molecule has 0 amide bonds. The van der Waals surface area contributed by atoms with Gasteiger partial charge in [-0.3, -0.25) is 0 Å². The van der Waals surface area contributed by atoms with Crippen LogP contribution in [-0.2, 0) is 14.3 Å². The Morgan fingerprint density at radius 1 is 1.12 bits per heavy atom. The molecule has 3 heteroatoms. The maximum Gasteiger partial charge on any atom is 0.335 e. The lowest BCUT2D eigenvalue weighted by Crippen LogP contribution is -2.33. The predicted molar refractivity (Wildman–Crippen MR) is 65.3 cm³/mol. The summed E-state index contributed by atoms with van der Waals surface area (Å²) in [7, 11) is 0. The van der Waals surface area contributed by atoms with Crippen LogP contribution in [0.15, 0.2) is 0 Å². The zero-order valence-corrected chi connectivity index (χ0v) is 11.7. The van der Waals surface area contributed by atoms with E-state index in [4.69, 9.17) is 9.47 Å².